The highest BCUT2D eigenvalue weighted by atomic mass is 16.5. The Balaban J connectivity index is 1.42. The highest BCUT2D eigenvalue weighted by molar-refractivity contribution is 4.96. The smallest absolute Gasteiger partial charge is 0.227 e. The summed E-state index contributed by atoms with van der Waals surface area (Å²) in [5.74, 6) is 3.34. The molecule has 0 aliphatic carbocycles. The van der Waals surface area contributed by atoms with Gasteiger partial charge in [0.2, 0.25) is 5.89 Å². The molecule has 22 heavy (non-hydrogen) atoms. The number of ether oxygens (including phenoxy) is 2. The Labute approximate surface area is 131 Å². The van der Waals surface area contributed by atoms with Crippen LogP contribution in [0.2, 0.25) is 0 Å². The van der Waals surface area contributed by atoms with Crippen LogP contribution in [0.3, 0.4) is 0 Å². The van der Waals surface area contributed by atoms with Crippen molar-refractivity contribution < 1.29 is 14.0 Å². The molecule has 3 fully saturated rings. The van der Waals surface area contributed by atoms with Crippen LogP contribution in [0.15, 0.2) is 4.52 Å². The van der Waals surface area contributed by atoms with Gasteiger partial charge in [-0.2, -0.15) is 4.98 Å². The lowest BCUT2D eigenvalue weighted by Crippen LogP contribution is -2.38. The second kappa shape index (κ2) is 6.26. The van der Waals surface area contributed by atoms with Crippen molar-refractivity contribution >= 4 is 0 Å². The third kappa shape index (κ3) is 2.92. The summed E-state index contributed by atoms with van der Waals surface area (Å²) in [4.78, 5) is 7.04. The maximum atomic E-state index is 5.87. The molecule has 122 valence electrons. The Morgan fingerprint density at radius 2 is 2.00 bits per heavy atom. The summed E-state index contributed by atoms with van der Waals surface area (Å²) in [6, 6.07) is 0.700. The van der Waals surface area contributed by atoms with E-state index in [-0.39, 0.29) is 0 Å². The standard InChI is InChI=1S/C16H25N3O3/c1-11-17-16(22-18-11)6-12-9-21-10-13-7-19(8-15(12)13)14-2-4-20-5-3-14/h12-15H,2-10H2,1H3/t12-,13-,15+/m1/s1. The highest BCUT2D eigenvalue weighted by Gasteiger charge is 2.43. The molecule has 3 saturated heterocycles. The first-order valence-corrected chi connectivity index (χ1v) is 8.48. The van der Waals surface area contributed by atoms with Crippen LogP contribution < -0.4 is 0 Å². The number of likely N-dealkylation sites (tertiary alicyclic amines) is 1. The van der Waals surface area contributed by atoms with Gasteiger partial charge >= 0.3 is 0 Å². The van der Waals surface area contributed by atoms with E-state index in [9.17, 15) is 0 Å². The fraction of sp³-hybridized carbons (Fsp3) is 0.875. The third-order valence-electron chi connectivity index (χ3n) is 5.50. The first-order valence-electron chi connectivity index (χ1n) is 8.48. The van der Waals surface area contributed by atoms with Gasteiger partial charge in [-0.3, -0.25) is 4.90 Å². The van der Waals surface area contributed by atoms with Crippen LogP contribution in [0.25, 0.3) is 0 Å². The van der Waals surface area contributed by atoms with Crippen LogP contribution in [0.1, 0.15) is 24.6 Å². The summed E-state index contributed by atoms with van der Waals surface area (Å²) in [5.41, 5.74) is 0. The Morgan fingerprint density at radius 3 is 2.77 bits per heavy atom. The van der Waals surface area contributed by atoms with Crippen LogP contribution in [-0.2, 0) is 15.9 Å². The van der Waals surface area contributed by atoms with Gasteiger partial charge in [0.15, 0.2) is 5.82 Å². The Kier molecular flexibility index (Phi) is 4.15. The number of aromatic nitrogens is 2. The molecule has 0 saturated carbocycles. The van der Waals surface area contributed by atoms with Gasteiger partial charge in [0.05, 0.1) is 13.2 Å². The van der Waals surface area contributed by atoms with E-state index >= 15 is 0 Å². The normalized spacial score (nSPS) is 34.0. The summed E-state index contributed by atoms with van der Waals surface area (Å²) in [6.07, 6.45) is 3.20. The van der Waals surface area contributed by atoms with Gasteiger partial charge < -0.3 is 14.0 Å². The molecule has 6 heteroatoms. The fourth-order valence-corrected chi connectivity index (χ4v) is 4.34. The average Bonchev–Trinajstić information content (AvgIpc) is 3.15. The molecule has 0 aromatic carbocycles. The summed E-state index contributed by atoms with van der Waals surface area (Å²) in [5, 5.41) is 3.90. The van der Waals surface area contributed by atoms with Gasteiger partial charge in [-0.25, -0.2) is 0 Å². The molecule has 0 N–H and O–H groups in total. The van der Waals surface area contributed by atoms with Crippen molar-refractivity contribution in [2.24, 2.45) is 17.8 Å². The second-order valence-corrected chi connectivity index (χ2v) is 6.96. The molecule has 4 heterocycles. The minimum Gasteiger partial charge on any atom is -0.381 e. The largest absolute Gasteiger partial charge is 0.381 e. The first kappa shape index (κ1) is 14.6. The number of hydrogen-bond donors (Lipinski definition) is 0. The van der Waals surface area contributed by atoms with E-state index in [4.69, 9.17) is 14.0 Å². The third-order valence-corrected chi connectivity index (χ3v) is 5.50. The number of nitrogens with zero attached hydrogens (tertiary/aromatic N) is 3. The zero-order valence-corrected chi connectivity index (χ0v) is 13.2. The van der Waals surface area contributed by atoms with E-state index in [1.165, 1.54) is 25.9 Å². The molecule has 1 aromatic heterocycles. The van der Waals surface area contributed by atoms with E-state index in [0.29, 0.717) is 23.8 Å². The molecular formula is C16H25N3O3. The topological polar surface area (TPSA) is 60.6 Å². The van der Waals surface area contributed by atoms with Gasteiger partial charge in [-0.15, -0.1) is 0 Å². The van der Waals surface area contributed by atoms with Gasteiger partial charge in [0.25, 0.3) is 0 Å². The Hall–Kier alpha value is -0.980. The summed E-state index contributed by atoms with van der Waals surface area (Å²) < 4.78 is 16.7. The zero-order valence-electron chi connectivity index (χ0n) is 13.2. The summed E-state index contributed by atoms with van der Waals surface area (Å²) >= 11 is 0. The van der Waals surface area contributed by atoms with Crippen molar-refractivity contribution in [3.05, 3.63) is 11.7 Å². The fourth-order valence-electron chi connectivity index (χ4n) is 4.34. The molecule has 0 radical (unpaired) electrons. The molecule has 3 atom stereocenters. The van der Waals surface area contributed by atoms with Crippen molar-refractivity contribution in [1.82, 2.24) is 15.0 Å². The number of fused-ring (bicyclic) bond motifs is 1. The molecule has 0 unspecified atom stereocenters. The Morgan fingerprint density at radius 1 is 1.14 bits per heavy atom. The van der Waals surface area contributed by atoms with Gasteiger partial charge in [-0.1, -0.05) is 5.16 Å². The lowest BCUT2D eigenvalue weighted by atomic mass is 9.81. The van der Waals surface area contributed by atoms with Crippen molar-refractivity contribution in [3.63, 3.8) is 0 Å². The van der Waals surface area contributed by atoms with E-state index in [1.54, 1.807) is 0 Å². The van der Waals surface area contributed by atoms with Crippen molar-refractivity contribution in [2.75, 3.05) is 39.5 Å². The van der Waals surface area contributed by atoms with Crippen molar-refractivity contribution in [2.45, 2.75) is 32.2 Å². The van der Waals surface area contributed by atoms with Crippen molar-refractivity contribution in [1.29, 1.82) is 0 Å². The molecule has 6 nitrogen and oxygen atoms in total. The SMILES string of the molecule is Cc1noc(C[C@@H]2COC[C@H]3CN(C4CCOCC4)C[C@@H]23)n1. The zero-order chi connectivity index (χ0) is 14.9. The molecule has 0 bridgehead atoms. The van der Waals surface area contributed by atoms with Crippen LogP contribution in [-0.4, -0.2) is 60.6 Å². The molecule has 3 aliphatic rings. The minimum absolute atomic E-state index is 0.503. The van der Waals surface area contributed by atoms with Crippen LogP contribution in [0.5, 0.6) is 0 Å². The number of hydrogen-bond acceptors (Lipinski definition) is 6. The quantitative estimate of drug-likeness (QED) is 0.839. The lowest BCUT2D eigenvalue weighted by molar-refractivity contribution is -0.0110. The van der Waals surface area contributed by atoms with Crippen molar-refractivity contribution in [3.8, 4) is 0 Å². The summed E-state index contributed by atoms with van der Waals surface area (Å²) in [7, 11) is 0. The van der Waals surface area contributed by atoms with E-state index in [0.717, 1.165) is 44.6 Å². The predicted molar refractivity (Wildman–Crippen MR) is 79.4 cm³/mol. The lowest BCUT2D eigenvalue weighted by Gasteiger charge is -2.32. The number of rotatable bonds is 3. The predicted octanol–water partition coefficient (Wildman–Crippen LogP) is 1.29. The maximum Gasteiger partial charge on any atom is 0.227 e. The van der Waals surface area contributed by atoms with Gasteiger partial charge in [-0.05, 0) is 37.5 Å². The van der Waals surface area contributed by atoms with E-state index in [1.807, 2.05) is 6.92 Å². The maximum absolute atomic E-state index is 5.87. The minimum atomic E-state index is 0.503. The monoisotopic (exact) mass is 307 g/mol. The molecule has 0 amide bonds. The highest BCUT2D eigenvalue weighted by Crippen LogP contribution is 2.37. The molecule has 3 aliphatic heterocycles. The van der Waals surface area contributed by atoms with Crippen LogP contribution >= 0.6 is 0 Å². The first-order chi connectivity index (χ1) is 10.8. The van der Waals surface area contributed by atoms with Gasteiger partial charge in [0, 0.05) is 38.8 Å². The second-order valence-electron chi connectivity index (χ2n) is 6.96. The number of aryl methyl sites for hydroxylation is 1. The molecule has 4 rings (SSSR count). The molecular weight excluding hydrogens is 282 g/mol. The molecule has 0 spiro atoms. The Bertz CT molecular complexity index is 501. The van der Waals surface area contributed by atoms with E-state index < -0.39 is 0 Å². The molecule has 1 aromatic rings. The van der Waals surface area contributed by atoms with Crippen LogP contribution in [0, 0.1) is 24.7 Å². The van der Waals surface area contributed by atoms with Crippen LogP contribution in [0.4, 0.5) is 0 Å². The van der Waals surface area contributed by atoms with Gasteiger partial charge in [0.1, 0.15) is 0 Å². The van der Waals surface area contributed by atoms with E-state index in [2.05, 4.69) is 15.0 Å². The summed E-state index contributed by atoms with van der Waals surface area (Å²) in [6.45, 7) is 7.80. The average molecular weight is 307 g/mol.